The van der Waals surface area contributed by atoms with Crippen LogP contribution in [0.25, 0.3) is 0 Å². The Balaban J connectivity index is 2.70. The lowest BCUT2D eigenvalue weighted by atomic mass is 10.1. The number of hydrogen-bond donors (Lipinski definition) is 2. The maximum atomic E-state index is 9.36. The van der Waals surface area contributed by atoms with Gasteiger partial charge in [-0.05, 0) is 30.2 Å². The lowest BCUT2D eigenvalue weighted by molar-refractivity contribution is 0.131. The van der Waals surface area contributed by atoms with Gasteiger partial charge in [-0.3, -0.25) is 0 Å². The maximum Gasteiger partial charge on any atom is 0.193 e. The molecule has 1 heterocycles. The Kier molecular flexibility index (Phi) is 3.14. The largest absolute Gasteiger partial charge is 0.448 e. The predicted molar refractivity (Wildman–Crippen MR) is 46.9 cm³/mol. The fourth-order valence-corrected chi connectivity index (χ4v) is 1.10. The lowest BCUT2D eigenvalue weighted by Gasteiger charge is -2.13. The van der Waals surface area contributed by atoms with Gasteiger partial charge < -0.3 is 15.3 Å². The minimum Gasteiger partial charge on any atom is -0.448 e. The first-order chi connectivity index (χ1) is 5.65. The van der Waals surface area contributed by atoms with Crippen LogP contribution in [-0.2, 0) is 0 Å². The van der Waals surface area contributed by atoms with Crippen LogP contribution in [0.3, 0.4) is 0 Å². The molecular formula is C8H12ClNO2. The van der Waals surface area contributed by atoms with E-state index in [0.29, 0.717) is 17.4 Å². The van der Waals surface area contributed by atoms with Crippen LogP contribution < -0.4 is 5.73 Å². The first-order valence-corrected chi connectivity index (χ1v) is 4.21. The molecule has 0 aliphatic heterocycles. The van der Waals surface area contributed by atoms with E-state index in [0.717, 1.165) is 0 Å². The molecule has 12 heavy (non-hydrogen) atoms. The van der Waals surface area contributed by atoms with Crippen molar-refractivity contribution in [3.63, 3.8) is 0 Å². The number of aliphatic hydroxyl groups is 1. The molecule has 0 amide bonds. The van der Waals surface area contributed by atoms with Gasteiger partial charge in [0.25, 0.3) is 0 Å². The molecule has 2 atom stereocenters. The summed E-state index contributed by atoms with van der Waals surface area (Å²) in [5.41, 5.74) is 5.66. The molecule has 0 radical (unpaired) electrons. The molecule has 1 rings (SSSR count). The molecule has 0 fully saturated rings. The van der Waals surface area contributed by atoms with Gasteiger partial charge in [-0.2, -0.15) is 0 Å². The van der Waals surface area contributed by atoms with E-state index >= 15 is 0 Å². The summed E-state index contributed by atoms with van der Waals surface area (Å²) in [6.07, 6.45) is 0.0201. The zero-order chi connectivity index (χ0) is 9.14. The monoisotopic (exact) mass is 189 g/mol. The Morgan fingerprint density at radius 2 is 2.33 bits per heavy atom. The molecule has 3 N–H and O–H groups in total. The molecule has 0 saturated carbocycles. The fraction of sp³-hybridized carbons (Fsp3) is 0.500. The first-order valence-electron chi connectivity index (χ1n) is 3.84. The summed E-state index contributed by atoms with van der Waals surface area (Å²) in [4.78, 5) is 0. The predicted octanol–water partition coefficient (Wildman–Crippen LogP) is 1.70. The Hall–Kier alpha value is -0.510. The number of rotatable bonds is 3. The van der Waals surface area contributed by atoms with Gasteiger partial charge in [-0.25, -0.2) is 0 Å². The summed E-state index contributed by atoms with van der Waals surface area (Å²) in [7, 11) is 0. The highest BCUT2D eigenvalue weighted by atomic mass is 35.5. The van der Waals surface area contributed by atoms with Crippen LogP contribution in [0, 0.1) is 0 Å². The smallest absolute Gasteiger partial charge is 0.193 e. The summed E-state index contributed by atoms with van der Waals surface area (Å²) in [6.45, 7) is 1.86. The van der Waals surface area contributed by atoms with Gasteiger partial charge >= 0.3 is 0 Å². The van der Waals surface area contributed by atoms with Crippen LogP contribution in [0.4, 0.5) is 0 Å². The second-order valence-corrected chi connectivity index (χ2v) is 3.02. The van der Waals surface area contributed by atoms with Crippen LogP contribution in [0.5, 0.6) is 0 Å². The van der Waals surface area contributed by atoms with E-state index in [4.69, 9.17) is 21.8 Å². The molecule has 4 heteroatoms. The highest BCUT2D eigenvalue weighted by molar-refractivity contribution is 6.28. The molecule has 0 aliphatic rings. The van der Waals surface area contributed by atoms with Crippen molar-refractivity contribution >= 4 is 11.6 Å². The summed E-state index contributed by atoms with van der Waals surface area (Å²) in [6, 6.07) is 2.80. The molecule has 0 aromatic carbocycles. The third kappa shape index (κ3) is 2.00. The third-order valence-electron chi connectivity index (χ3n) is 1.76. The minimum absolute atomic E-state index is 0.295. The topological polar surface area (TPSA) is 59.4 Å². The van der Waals surface area contributed by atoms with Gasteiger partial charge in [0.2, 0.25) is 0 Å². The van der Waals surface area contributed by atoms with E-state index in [2.05, 4.69) is 0 Å². The first kappa shape index (κ1) is 9.58. The zero-order valence-corrected chi connectivity index (χ0v) is 7.58. The van der Waals surface area contributed by atoms with Crippen LogP contribution in [-0.4, -0.2) is 11.2 Å². The van der Waals surface area contributed by atoms with Crippen molar-refractivity contribution in [3.05, 3.63) is 23.1 Å². The highest BCUT2D eigenvalue weighted by Crippen LogP contribution is 2.21. The molecule has 0 spiro atoms. The molecule has 3 nitrogen and oxygen atoms in total. The average molecular weight is 190 g/mol. The van der Waals surface area contributed by atoms with Crippen molar-refractivity contribution in [1.82, 2.24) is 0 Å². The molecule has 0 bridgehead atoms. The van der Waals surface area contributed by atoms with E-state index in [1.165, 1.54) is 0 Å². The van der Waals surface area contributed by atoms with Gasteiger partial charge in [0, 0.05) is 0 Å². The number of hydrogen-bond acceptors (Lipinski definition) is 3. The third-order valence-corrected chi connectivity index (χ3v) is 1.96. The molecule has 1 aromatic heterocycles. The van der Waals surface area contributed by atoms with Crippen LogP contribution in [0.1, 0.15) is 25.1 Å². The van der Waals surface area contributed by atoms with Crippen molar-refractivity contribution in [1.29, 1.82) is 0 Å². The summed E-state index contributed by atoms with van der Waals surface area (Å²) in [5, 5.41) is 9.66. The second-order valence-electron chi connectivity index (χ2n) is 2.64. The zero-order valence-electron chi connectivity index (χ0n) is 6.83. The average Bonchev–Trinajstić information content (AvgIpc) is 2.49. The molecule has 0 saturated heterocycles. The molecule has 68 valence electrons. The fourth-order valence-electron chi connectivity index (χ4n) is 0.951. The minimum atomic E-state index is -0.577. The number of nitrogens with two attached hydrogens (primary N) is 1. The van der Waals surface area contributed by atoms with Gasteiger partial charge in [0.15, 0.2) is 5.22 Å². The SMILES string of the molecule is CCC(O)C(N)c1ccc(Cl)o1. The van der Waals surface area contributed by atoms with E-state index in [1.807, 2.05) is 6.92 Å². The van der Waals surface area contributed by atoms with E-state index in [1.54, 1.807) is 12.1 Å². The van der Waals surface area contributed by atoms with Crippen LogP contribution in [0.2, 0.25) is 5.22 Å². The standard InChI is InChI=1S/C8H12ClNO2/c1-2-5(11)8(10)6-3-4-7(9)12-6/h3-5,8,11H,2,10H2,1H3. The van der Waals surface area contributed by atoms with Crippen molar-refractivity contribution in [2.45, 2.75) is 25.5 Å². The Bertz CT molecular complexity index is 249. The van der Waals surface area contributed by atoms with Crippen molar-refractivity contribution in [3.8, 4) is 0 Å². The van der Waals surface area contributed by atoms with E-state index < -0.39 is 12.1 Å². The number of aliphatic hydroxyl groups excluding tert-OH is 1. The quantitative estimate of drug-likeness (QED) is 0.761. The molecule has 2 unspecified atom stereocenters. The number of halogens is 1. The summed E-state index contributed by atoms with van der Waals surface area (Å²) < 4.78 is 5.05. The Morgan fingerprint density at radius 1 is 1.67 bits per heavy atom. The van der Waals surface area contributed by atoms with Gasteiger partial charge in [-0.15, -0.1) is 0 Å². The number of furan rings is 1. The maximum absolute atomic E-state index is 9.36. The van der Waals surface area contributed by atoms with Gasteiger partial charge in [0.1, 0.15) is 5.76 Å². The summed E-state index contributed by atoms with van der Waals surface area (Å²) >= 11 is 5.55. The Labute approximate surface area is 76.1 Å². The molecule has 1 aromatic rings. The summed E-state index contributed by atoms with van der Waals surface area (Å²) in [5.74, 6) is 0.523. The molecular weight excluding hydrogens is 178 g/mol. The van der Waals surface area contributed by atoms with Crippen molar-refractivity contribution in [2.24, 2.45) is 5.73 Å². The van der Waals surface area contributed by atoms with Crippen molar-refractivity contribution < 1.29 is 9.52 Å². The van der Waals surface area contributed by atoms with E-state index in [-0.39, 0.29) is 0 Å². The van der Waals surface area contributed by atoms with Crippen molar-refractivity contribution in [2.75, 3.05) is 0 Å². The van der Waals surface area contributed by atoms with Crippen LogP contribution >= 0.6 is 11.6 Å². The van der Waals surface area contributed by atoms with E-state index in [9.17, 15) is 5.11 Å². The van der Waals surface area contributed by atoms with Crippen LogP contribution in [0.15, 0.2) is 16.5 Å². The Morgan fingerprint density at radius 3 is 2.75 bits per heavy atom. The second kappa shape index (κ2) is 3.94. The highest BCUT2D eigenvalue weighted by Gasteiger charge is 2.17. The van der Waals surface area contributed by atoms with Gasteiger partial charge in [-0.1, -0.05) is 6.92 Å². The lowest BCUT2D eigenvalue weighted by Crippen LogP contribution is -2.24. The molecule has 0 aliphatic carbocycles. The van der Waals surface area contributed by atoms with Gasteiger partial charge in [0.05, 0.1) is 12.1 Å². The normalized spacial score (nSPS) is 16.0.